The van der Waals surface area contributed by atoms with E-state index in [2.05, 4.69) is 0 Å². The Bertz CT molecular complexity index is 584. The predicted octanol–water partition coefficient (Wildman–Crippen LogP) is 5.05. The molecule has 18 heavy (non-hydrogen) atoms. The third kappa shape index (κ3) is 2.77. The summed E-state index contributed by atoms with van der Waals surface area (Å²) in [4.78, 5) is 11.6. The van der Waals surface area contributed by atoms with Crippen molar-refractivity contribution in [2.45, 2.75) is 9.79 Å². The summed E-state index contributed by atoms with van der Waals surface area (Å²) in [6.07, 6.45) is 0. The van der Waals surface area contributed by atoms with Crippen LogP contribution in [0.5, 0.6) is 0 Å². The Hall–Kier alpha value is -1.23. The van der Waals surface area contributed by atoms with E-state index in [9.17, 15) is 10.1 Å². The highest BCUT2D eigenvalue weighted by Crippen LogP contribution is 2.41. The van der Waals surface area contributed by atoms with Crippen LogP contribution in [0.15, 0.2) is 52.3 Å². The van der Waals surface area contributed by atoms with Gasteiger partial charge in [0.2, 0.25) is 0 Å². The quantitative estimate of drug-likeness (QED) is 0.588. The number of hydrogen-bond donors (Lipinski definition) is 0. The Labute approximate surface area is 118 Å². The molecule has 2 aromatic rings. The second kappa shape index (κ2) is 5.61. The maximum absolute atomic E-state index is 10.9. The molecule has 0 fully saturated rings. The minimum atomic E-state index is -0.424. The molecule has 0 saturated heterocycles. The molecule has 3 nitrogen and oxygen atoms in total. The predicted molar refractivity (Wildman–Crippen MR) is 73.7 cm³/mol. The molecule has 0 radical (unpaired) electrons. The van der Waals surface area contributed by atoms with Gasteiger partial charge in [0.15, 0.2) is 0 Å². The summed E-state index contributed by atoms with van der Waals surface area (Å²) in [6.45, 7) is 0. The first kappa shape index (κ1) is 13.2. The van der Waals surface area contributed by atoms with Gasteiger partial charge in [0.05, 0.1) is 19.9 Å². The van der Waals surface area contributed by atoms with Crippen LogP contribution in [0, 0.1) is 10.1 Å². The van der Waals surface area contributed by atoms with Gasteiger partial charge in [-0.05, 0) is 18.2 Å². The van der Waals surface area contributed by atoms with Gasteiger partial charge >= 0.3 is 0 Å². The summed E-state index contributed by atoms with van der Waals surface area (Å²) in [5.41, 5.74) is 0.0403. The van der Waals surface area contributed by atoms with Crippen molar-refractivity contribution in [2.75, 3.05) is 0 Å². The molecule has 0 N–H and O–H groups in total. The first-order chi connectivity index (χ1) is 8.59. The second-order valence-corrected chi connectivity index (χ2v) is 5.24. The molecule has 0 heterocycles. The Kier molecular flexibility index (Phi) is 4.11. The van der Waals surface area contributed by atoms with Crippen LogP contribution in [0.3, 0.4) is 0 Å². The van der Waals surface area contributed by atoms with E-state index in [1.54, 1.807) is 36.4 Å². The van der Waals surface area contributed by atoms with Crippen LogP contribution in [0.2, 0.25) is 10.0 Å². The van der Waals surface area contributed by atoms with Crippen LogP contribution in [0.4, 0.5) is 5.69 Å². The molecule has 0 unspecified atom stereocenters. The molecule has 0 aliphatic carbocycles. The van der Waals surface area contributed by atoms with Crippen molar-refractivity contribution in [1.82, 2.24) is 0 Å². The zero-order chi connectivity index (χ0) is 13.1. The molecular weight excluding hydrogens is 293 g/mol. The number of para-hydroxylation sites is 1. The lowest BCUT2D eigenvalue weighted by atomic mass is 10.3. The lowest BCUT2D eigenvalue weighted by molar-refractivity contribution is -0.387. The number of hydrogen-bond acceptors (Lipinski definition) is 3. The molecule has 92 valence electrons. The lowest BCUT2D eigenvalue weighted by Crippen LogP contribution is -1.90. The van der Waals surface area contributed by atoms with E-state index in [1.807, 2.05) is 0 Å². The van der Waals surface area contributed by atoms with Crippen LogP contribution >= 0.6 is 35.0 Å². The molecule has 2 rings (SSSR count). The smallest absolute Gasteiger partial charge is 0.258 e. The van der Waals surface area contributed by atoms with Gasteiger partial charge in [-0.25, -0.2) is 0 Å². The van der Waals surface area contributed by atoms with Gasteiger partial charge in [0.25, 0.3) is 5.69 Å². The van der Waals surface area contributed by atoms with Crippen molar-refractivity contribution >= 4 is 40.7 Å². The normalized spacial score (nSPS) is 10.3. The summed E-state index contributed by atoms with van der Waals surface area (Å²) in [5, 5.41) is 11.9. The van der Waals surface area contributed by atoms with E-state index in [-0.39, 0.29) is 5.69 Å². The van der Waals surface area contributed by atoms with Crippen molar-refractivity contribution in [2.24, 2.45) is 0 Å². The Morgan fingerprint density at radius 2 is 1.61 bits per heavy atom. The van der Waals surface area contributed by atoms with Gasteiger partial charge in [-0.1, -0.05) is 53.2 Å². The lowest BCUT2D eigenvalue weighted by Gasteiger charge is -2.06. The van der Waals surface area contributed by atoms with Crippen LogP contribution < -0.4 is 0 Å². The molecule has 0 aromatic heterocycles. The van der Waals surface area contributed by atoms with Crippen LogP contribution in [0.1, 0.15) is 0 Å². The van der Waals surface area contributed by atoms with E-state index in [0.29, 0.717) is 19.8 Å². The first-order valence-electron chi connectivity index (χ1n) is 4.95. The monoisotopic (exact) mass is 299 g/mol. The van der Waals surface area contributed by atoms with Gasteiger partial charge in [-0.3, -0.25) is 10.1 Å². The van der Waals surface area contributed by atoms with Gasteiger partial charge in [-0.2, -0.15) is 0 Å². The molecule has 0 aliphatic heterocycles. The number of rotatable bonds is 3. The summed E-state index contributed by atoms with van der Waals surface area (Å²) >= 11 is 13.3. The highest BCUT2D eigenvalue weighted by Gasteiger charge is 2.16. The molecule has 6 heteroatoms. The van der Waals surface area contributed by atoms with E-state index in [0.717, 1.165) is 0 Å². The molecule has 0 aliphatic rings. The highest BCUT2D eigenvalue weighted by molar-refractivity contribution is 7.99. The second-order valence-electron chi connectivity index (χ2n) is 3.38. The van der Waals surface area contributed by atoms with Crippen molar-refractivity contribution < 1.29 is 4.92 Å². The summed E-state index contributed by atoms with van der Waals surface area (Å²) in [5.74, 6) is 0. The molecule has 0 amide bonds. The molecule has 0 atom stereocenters. The standard InChI is InChI=1S/C12H7Cl2NO2S/c13-8-4-3-5-9(14)12(8)18-11-7-2-1-6-10(11)15(16)17/h1-7H. The summed E-state index contributed by atoms with van der Waals surface area (Å²) in [7, 11) is 0. The first-order valence-corrected chi connectivity index (χ1v) is 6.52. The molecule has 0 saturated carbocycles. The van der Waals surface area contributed by atoms with E-state index in [4.69, 9.17) is 23.2 Å². The fourth-order valence-corrected chi connectivity index (χ4v) is 2.96. The van der Waals surface area contributed by atoms with Crippen molar-refractivity contribution in [3.63, 3.8) is 0 Å². The maximum atomic E-state index is 10.9. The minimum Gasteiger partial charge on any atom is -0.258 e. The molecule has 2 aromatic carbocycles. The third-order valence-electron chi connectivity index (χ3n) is 2.19. The fourth-order valence-electron chi connectivity index (χ4n) is 1.38. The van der Waals surface area contributed by atoms with E-state index >= 15 is 0 Å². The van der Waals surface area contributed by atoms with E-state index < -0.39 is 4.92 Å². The Morgan fingerprint density at radius 3 is 2.22 bits per heavy atom. The van der Waals surface area contributed by atoms with Gasteiger partial charge in [0.1, 0.15) is 0 Å². The minimum absolute atomic E-state index is 0.0403. The third-order valence-corrected chi connectivity index (χ3v) is 4.26. The Balaban J connectivity index is 2.43. The number of nitro groups is 1. The molecule has 0 bridgehead atoms. The number of nitro benzene ring substituents is 1. The number of nitrogens with zero attached hydrogens (tertiary/aromatic N) is 1. The van der Waals surface area contributed by atoms with Crippen LogP contribution in [-0.2, 0) is 0 Å². The maximum Gasteiger partial charge on any atom is 0.283 e. The zero-order valence-electron chi connectivity index (χ0n) is 8.97. The average Bonchev–Trinajstić information content (AvgIpc) is 2.34. The zero-order valence-corrected chi connectivity index (χ0v) is 11.3. The van der Waals surface area contributed by atoms with Crippen molar-refractivity contribution in [1.29, 1.82) is 0 Å². The SMILES string of the molecule is O=[N+]([O-])c1ccccc1Sc1c(Cl)cccc1Cl. The van der Waals surface area contributed by atoms with E-state index in [1.165, 1.54) is 17.8 Å². The van der Waals surface area contributed by atoms with Crippen LogP contribution in [-0.4, -0.2) is 4.92 Å². The number of halogens is 2. The van der Waals surface area contributed by atoms with Crippen molar-refractivity contribution in [3.8, 4) is 0 Å². The Morgan fingerprint density at radius 1 is 1.00 bits per heavy atom. The highest BCUT2D eigenvalue weighted by atomic mass is 35.5. The average molecular weight is 300 g/mol. The largest absolute Gasteiger partial charge is 0.283 e. The summed E-state index contributed by atoms with van der Waals surface area (Å²) in [6, 6.07) is 11.6. The molecule has 0 spiro atoms. The van der Waals surface area contributed by atoms with Crippen molar-refractivity contribution in [3.05, 3.63) is 62.6 Å². The van der Waals surface area contributed by atoms with Gasteiger partial charge in [0, 0.05) is 11.0 Å². The van der Waals surface area contributed by atoms with Gasteiger partial charge < -0.3 is 0 Å². The fraction of sp³-hybridized carbons (Fsp3) is 0. The summed E-state index contributed by atoms with van der Waals surface area (Å²) < 4.78 is 0. The number of benzene rings is 2. The van der Waals surface area contributed by atoms with Gasteiger partial charge in [-0.15, -0.1) is 0 Å². The van der Waals surface area contributed by atoms with Crippen LogP contribution in [0.25, 0.3) is 0 Å². The topological polar surface area (TPSA) is 43.1 Å². The molecular formula is C12H7Cl2NO2S.